The maximum absolute atomic E-state index is 13.5. The van der Waals surface area contributed by atoms with Crippen LogP contribution in [0.5, 0.6) is 11.5 Å². The molecule has 29 heavy (non-hydrogen) atoms. The molecule has 0 amide bonds. The summed E-state index contributed by atoms with van der Waals surface area (Å²) in [6.07, 6.45) is -0.833. The number of alkyl halides is 3. The van der Waals surface area contributed by atoms with Crippen molar-refractivity contribution in [2.45, 2.75) is 32.0 Å². The van der Waals surface area contributed by atoms with E-state index < -0.39 is 6.36 Å². The van der Waals surface area contributed by atoms with Crippen molar-refractivity contribution in [1.29, 1.82) is 0 Å². The lowest BCUT2D eigenvalue weighted by atomic mass is 9.93. The van der Waals surface area contributed by atoms with Gasteiger partial charge in [-0.3, -0.25) is 0 Å². The van der Waals surface area contributed by atoms with Crippen molar-refractivity contribution in [3.8, 4) is 11.5 Å². The molecular formula is C22H25F4NO2. The molecule has 1 saturated heterocycles. The minimum atomic E-state index is -4.66. The smallest absolute Gasteiger partial charge is 0.491 e. The van der Waals surface area contributed by atoms with E-state index in [0.29, 0.717) is 18.3 Å². The Bertz CT molecular complexity index is 756. The van der Waals surface area contributed by atoms with E-state index in [1.54, 1.807) is 30.3 Å². The fourth-order valence-corrected chi connectivity index (χ4v) is 3.54. The number of para-hydroxylation sites is 1. The van der Waals surface area contributed by atoms with E-state index in [4.69, 9.17) is 4.74 Å². The van der Waals surface area contributed by atoms with Crippen molar-refractivity contribution in [2.24, 2.45) is 5.92 Å². The second kappa shape index (κ2) is 9.96. The van der Waals surface area contributed by atoms with Gasteiger partial charge in [-0.25, -0.2) is 4.39 Å². The lowest BCUT2D eigenvalue weighted by molar-refractivity contribution is -0.274. The normalized spacial score (nSPS) is 16.0. The van der Waals surface area contributed by atoms with Crippen LogP contribution in [0.1, 0.15) is 24.8 Å². The van der Waals surface area contributed by atoms with E-state index in [0.717, 1.165) is 50.9 Å². The molecule has 2 aromatic carbocycles. The molecular weight excluding hydrogens is 386 g/mol. The Morgan fingerprint density at radius 3 is 2.31 bits per heavy atom. The quantitative estimate of drug-likeness (QED) is 0.540. The predicted molar refractivity (Wildman–Crippen MR) is 103 cm³/mol. The fraction of sp³-hybridized carbons (Fsp3) is 0.455. The summed E-state index contributed by atoms with van der Waals surface area (Å²) in [5.74, 6) is 0.341. The molecule has 1 heterocycles. The molecule has 158 valence electrons. The first-order chi connectivity index (χ1) is 13.9. The summed E-state index contributed by atoms with van der Waals surface area (Å²) in [6.45, 7) is 3.36. The van der Waals surface area contributed by atoms with Gasteiger partial charge >= 0.3 is 6.36 Å². The number of nitrogens with zero attached hydrogens (tertiary/aromatic N) is 1. The Balaban J connectivity index is 1.33. The molecule has 2 aromatic rings. The van der Waals surface area contributed by atoms with Crippen LogP contribution in [-0.4, -0.2) is 37.5 Å². The number of piperidine rings is 1. The van der Waals surface area contributed by atoms with Crippen molar-refractivity contribution >= 4 is 0 Å². The highest BCUT2D eigenvalue weighted by Crippen LogP contribution is 2.24. The van der Waals surface area contributed by atoms with Gasteiger partial charge in [0, 0.05) is 6.54 Å². The summed E-state index contributed by atoms with van der Waals surface area (Å²) >= 11 is 0. The molecule has 0 unspecified atom stereocenters. The molecule has 0 aromatic heterocycles. The maximum Gasteiger partial charge on any atom is 0.573 e. The minimum Gasteiger partial charge on any atom is -0.491 e. The van der Waals surface area contributed by atoms with E-state index in [1.807, 2.05) is 0 Å². The van der Waals surface area contributed by atoms with Gasteiger partial charge in [0.2, 0.25) is 0 Å². The van der Waals surface area contributed by atoms with Crippen molar-refractivity contribution < 1.29 is 27.0 Å². The predicted octanol–water partition coefficient (Wildman–Crippen LogP) is 5.45. The number of hydrogen-bond donors (Lipinski definition) is 0. The van der Waals surface area contributed by atoms with Gasteiger partial charge in [-0.15, -0.1) is 13.2 Å². The molecule has 1 fully saturated rings. The van der Waals surface area contributed by atoms with E-state index in [9.17, 15) is 17.6 Å². The lowest BCUT2D eigenvalue weighted by Gasteiger charge is -2.32. The monoisotopic (exact) mass is 411 g/mol. The van der Waals surface area contributed by atoms with Crippen molar-refractivity contribution in [2.75, 3.05) is 26.2 Å². The number of rotatable bonds is 8. The van der Waals surface area contributed by atoms with Crippen LogP contribution in [0.25, 0.3) is 0 Å². The molecule has 0 aliphatic carbocycles. The molecule has 1 aliphatic heterocycles. The van der Waals surface area contributed by atoms with Gasteiger partial charge in [0.05, 0.1) is 6.61 Å². The fourth-order valence-electron chi connectivity index (χ4n) is 3.54. The van der Waals surface area contributed by atoms with Crippen LogP contribution in [0.15, 0.2) is 48.5 Å². The second-order valence-electron chi connectivity index (χ2n) is 7.29. The summed E-state index contributed by atoms with van der Waals surface area (Å²) in [7, 11) is 0. The zero-order chi connectivity index (χ0) is 20.7. The van der Waals surface area contributed by atoms with Gasteiger partial charge in [0.15, 0.2) is 11.6 Å². The Labute approximate surface area is 168 Å². The average molecular weight is 411 g/mol. The summed E-state index contributed by atoms with van der Waals surface area (Å²) < 4.78 is 59.5. The highest BCUT2D eigenvalue weighted by Gasteiger charge is 2.31. The van der Waals surface area contributed by atoms with Crippen LogP contribution >= 0.6 is 0 Å². The van der Waals surface area contributed by atoms with Crippen molar-refractivity contribution in [3.05, 3.63) is 59.9 Å². The summed E-state index contributed by atoms with van der Waals surface area (Å²) in [4.78, 5) is 2.37. The summed E-state index contributed by atoms with van der Waals surface area (Å²) in [5.41, 5.74) is 0.986. The van der Waals surface area contributed by atoms with E-state index >= 15 is 0 Å². The SMILES string of the molecule is Fc1ccccc1OCCC1CCN(CCc2ccc(OC(F)(F)F)cc2)CC1. The van der Waals surface area contributed by atoms with Crippen LogP contribution in [-0.2, 0) is 6.42 Å². The molecule has 0 atom stereocenters. The van der Waals surface area contributed by atoms with Crippen LogP contribution in [0.4, 0.5) is 17.6 Å². The zero-order valence-electron chi connectivity index (χ0n) is 16.1. The average Bonchev–Trinajstić information content (AvgIpc) is 2.69. The van der Waals surface area contributed by atoms with Crippen LogP contribution in [0, 0.1) is 11.7 Å². The molecule has 3 rings (SSSR count). The molecule has 0 spiro atoms. The Hall–Kier alpha value is -2.28. The number of halogens is 4. The Kier molecular flexibility index (Phi) is 7.36. The van der Waals surface area contributed by atoms with Crippen LogP contribution < -0.4 is 9.47 Å². The van der Waals surface area contributed by atoms with Gasteiger partial charge in [0.25, 0.3) is 0 Å². The van der Waals surface area contributed by atoms with Crippen LogP contribution in [0.3, 0.4) is 0 Å². The van der Waals surface area contributed by atoms with E-state index in [-0.39, 0.29) is 11.6 Å². The molecule has 3 nitrogen and oxygen atoms in total. The number of hydrogen-bond acceptors (Lipinski definition) is 3. The van der Waals surface area contributed by atoms with Gasteiger partial charge in [0.1, 0.15) is 5.75 Å². The molecule has 1 aliphatic rings. The maximum atomic E-state index is 13.5. The third kappa shape index (κ3) is 7.24. The van der Waals surface area contributed by atoms with Crippen LogP contribution in [0.2, 0.25) is 0 Å². The van der Waals surface area contributed by atoms with Gasteiger partial charge in [-0.1, -0.05) is 24.3 Å². The topological polar surface area (TPSA) is 21.7 Å². The third-order valence-electron chi connectivity index (χ3n) is 5.20. The Morgan fingerprint density at radius 1 is 0.966 bits per heavy atom. The standard InChI is InChI=1S/C22H25F4NO2/c23-20-3-1-2-4-21(20)28-16-12-18-10-14-27(15-11-18)13-9-17-5-7-19(8-6-17)29-22(24,25)26/h1-8,18H,9-16H2. The summed E-state index contributed by atoms with van der Waals surface area (Å²) in [5, 5.41) is 0. The minimum absolute atomic E-state index is 0.195. The molecule has 0 N–H and O–H groups in total. The first-order valence-electron chi connectivity index (χ1n) is 9.83. The number of benzene rings is 2. The van der Waals surface area contributed by atoms with Gasteiger partial charge in [-0.05, 0) is 74.5 Å². The van der Waals surface area contributed by atoms with E-state index in [1.165, 1.54) is 18.2 Å². The van der Waals surface area contributed by atoms with Gasteiger partial charge < -0.3 is 14.4 Å². The zero-order valence-corrected chi connectivity index (χ0v) is 16.1. The Morgan fingerprint density at radius 2 is 1.66 bits per heavy atom. The van der Waals surface area contributed by atoms with Crippen molar-refractivity contribution in [3.63, 3.8) is 0 Å². The first-order valence-corrected chi connectivity index (χ1v) is 9.83. The largest absolute Gasteiger partial charge is 0.573 e. The number of likely N-dealkylation sites (tertiary alicyclic amines) is 1. The second-order valence-corrected chi connectivity index (χ2v) is 7.29. The van der Waals surface area contributed by atoms with Crippen molar-refractivity contribution in [1.82, 2.24) is 4.90 Å². The van der Waals surface area contributed by atoms with E-state index in [2.05, 4.69) is 9.64 Å². The molecule has 0 bridgehead atoms. The molecule has 7 heteroatoms. The molecule has 0 saturated carbocycles. The highest BCUT2D eigenvalue weighted by atomic mass is 19.4. The lowest BCUT2D eigenvalue weighted by Crippen LogP contribution is -2.35. The summed E-state index contributed by atoms with van der Waals surface area (Å²) in [6, 6.07) is 12.5. The van der Waals surface area contributed by atoms with Gasteiger partial charge in [-0.2, -0.15) is 0 Å². The first kappa shape index (κ1) is 21.4. The number of ether oxygens (including phenoxy) is 2. The third-order valence-corrected chi connectivity index (χ3v) is 5.20. The highest BCUT2D eigenvalue weighted by molar-refractivity contribution is 5.27. The molecule has 0 radical (unpaired) electrons.